The maximum Gasteiger partial charge on any atom is 0.128 e. The molecule has 0 spiro atoms. The third kappa shape index (κ3) is 5.32. The average molecular weight is 536 g/mol. The first-order valence-electron chi connectivity index (χ1n) is 9.97. The minimum absolute atomic E-state index is 0. The van der Waals surface area contributed by atoms with Crippen LogP contribution in [0.25, 0.3) is 47.7 Å². The van der Waals surface area contributed by atoms with E-state index in [1.54, 1.807) is 34.8 Å². The Labute approximate surface area is 217 Å². The quantitative estimate of drug-likeness (QED) is 0.219. The Kier molecular flexibility index (Phi) is 8.47. The van der Waals surface area contributed by atoms with Crippen LogP contribution in [0.3, 0.4) is 0 Å². The van der Waals surface area contributed by atoms with Crippen LogP contribution in [-0.2, 0) is 19.5 Å². The van der Waals surface area contributed by atoms with E-state index in [1.165, 1.54) is 0 Å². The van der Waals surface area contributed by atoms with Crippen molar-refractivity contribution in [3.63, 3.8) is 0 Å². The second kappa shape index (κ2) is 11.3. The molecule has 0 atom stereocenters. The SMILES string of the molecule is Oc1ccccc1-c1nc2ccccc2s1.Oc1ccccc1-c1nc2ccccc2s1.[NH2-].[Zn]. The van der Waals surface area contributed by atoms with Crippen molar-refractivity contribution in [3.8, 4) is 32.6 Å². The predicted octanol–water partition coefficient (Wildman–Crippen LogP) is 8.05. The monoisotopic (exact) mass is 534 g/mol. The molecule has 0 fully saturated rings. The molecule has 0 saturated carbocycles. The molecule has 2 aromatic heterocycles. The van der Waals surface area contributed by atoms with Crippen molar-refractivity contribution < 1.29 is 29.7 Å². The Morgan fingerprint density at radius 2 is 0.853 bits per heavy atom. The minimum atomic E-state index is 0. The number of hydrogen-bond acceptors (Lipinski definition) is 6. The van der Waals surface area contributed by atoms with Gasteiger partial charge in [-0.15, -0.1) is 22.7 Å². The standard InChI is InChI=1S/2C13H9NOS.H2N.Zn/c2*15-11-7-3-1-5-9(11)13-14-10-6-2-4-8-12(10)16-13;;/h2*1-8,15H;1H2;/q;;-1;. The third-order valence-electron chi connectivity index (χ3n) is 4.86. The van der Waals surface area contributed by atoms with Gasteiger partial charge in [-0.2, -0.15) is 0 Å². The maximum absolute atomic E-state index is 9.76. The van der Waals surface area contributed by atoms with Gasteiger partial charge in [0.1, 0.15) is 21.5 Å². The summed E-state index contributed by atoms with van der Waals surface area (Å²) in [6.45, 7) is 0. The molecule has 166 valence electrons. The molecule has 0 aliphatic carbocycles. The number of hydrogen-bond donors (Lipinski definition) is 2. The molecule has 0 bridgehead atoms. The van der Waals surface area contributed by atoms with Crippen LogP contribution >= 0.6 is 22.7 Å². The number of aromatic hydroxyl groups is 2. The Bertz CT molecular complexity index is 1350. The molecule has 0 saturated heterocycles. The summed E-state index contributed by atoms with van der Waals surface area (Å²) in [4.78, 5) is 9.00. The summed E-state index contributed by atoms with van der Waals surface area (Å²) in [5.74, 6) is 0.558. The zero-order chi connectivity index (χ0) is 21.9. The van der Waals surface area contributed by atoms with Crippen LogP contribution in [0, 0.1) is 0 Å². The van der Waals surface area contributed by atoms with Gasteiger partial charge in [0.25, 0.3) is 0 Å². The van der Waals surface area contributed by atoms with E-state index in [9.17, 15) is 10.2 Å². The second-order valence-corrected chi connectivity index (χ2v) is 9.07. The number of rotatable bonds is 2. The largest absolute Gasteiger partial charge is 0.693 e. The van der Waals surface area contributed by atoms with Crippen molar-refractivity contribution in [1.29, 1.82) is 0 Å². The molecule has 6 rings (SSSR count). The first kappa shape index (κ1) is 25.5. The fourth-order valence-electron chi connectivity index (χ4n) is 3.28. The summed E-state index contributed by atoms with van der Waals surface area (Å²) in [5.41, 5.74) is 3.55. The molecule has 0 aliphatic rings. The first-order chi connectivity index (χ1) is 15.7. The van der Waals surface area contributed by atoms with E-state index in [1.807, 2.05) is 84.9 Å². The van der Waals surface area contributed by atoms with Gasteiger partial charge in [-0.3, -0.25) is 0 Å². The molecule has 6 aromatic rings. The first-order valence-corrected chi connectivity index (χ1v) is 11.6. The molecule has 0 radical (unpaired) electrons. The summed E-state index contributed by atoms with van der Waals surface area (Å²) < 4.78 is 2.28. The van der Waals surface area contributed by atoms with Crippen LogP contribution in [0.2, 0.25) is 0 Å². The van der Waals surface area contributed by atoms with Crippen molar-refractivity contribution in [1.82, 2.24) is 9.97 Å². The van der Waals surface area contributed by atoms with Gasteiger partial charge in [-0.05, 0) is 48.5 Å². The van der Waals surface area contributed by atoms with Crippen LogP contribution in [0.5, 0.6) is 11.5 Å². The Morgan fingerprint density at radius 1 is 0.500 bits per heavy atom. The van der Waals surface area contributed by atoms with Gasteiger partial charge < -0.3 is 16.4 Å². The number of benzene rings is 4. The van der Waals surface area contributed by atoms with Gasteiger partial charge in [0.05, 0.1) is 31.6 Å². The third-order valence-corrected chi connectivity index (χ3v) is 7.00. The summed E-state index contributed by atoms with van der Waals surface area (Å²) >= 11 is 3.19. The van der Waals surface area contributed by atoms with E-state index in [0.29, 0.717) is 0 Å². The van der Waals surface area contributed by atoms with Crippen molar-refractivity contribution in [2.24, 2.45) is 0 Å². The van der Waals surface area contributed by atoms with Gasteiger partial charge in [0, 0.05) is 19.5 Å². The van der Waals surface area contributed by atoms with Crippen molar-refractivity contribution in [3.05, 3.63) is 103 Å². The molecular formula is C26H20N3O2S2Zn-. The van der Waals surface area contributed by atoms with E-state index < -0.39 is 0 Å². The normalized spacial score (nSPS) is 10.1. The fraction of sp³-hybridized carbons (Fsp3) is 0. The maximum atomic E-state index is 9.76. The average Bonchev–Trinajstić information content (AvgIpc) is 3.44. The smallest absolute Gasteiger partial charge is 0.128 e. The van der Waals surface area contributed by atoms with Crippen molar-refractivity contribution in [2.45, 2.75) is 0 Å². The van der Waals surface area contributed by atoms with Crippen LogP contribution in [0.15, 0.2) is 97.1 Å². The summed E-state index contributed by atoms with van der Waals surface area (Å²) in [6.07, 6.45) is 0. The van der Waals surface area contributed by atoms with Crippen LogP contribution in [-0.4, -0.2) is 20.2 Å². The van der Waals surface area contributed by atoms with Gasteiger partial charge in [-0.25, -0.2) is 9.97 Å². The number of phenols is 2. The van der Waals surface area contributed by atoms with Gasteiger partial charge >= 0.3 is 0 Å². The molecule has 4 N–H and O–H groups in total. The molecule has 2 heterocycles. The minimum Gasteiger partial charge on any atom is -0.693 e. The number of phenolic OH excluding ortho intramolecular Hbond substituents is 2. The van der Waals surface area contributed by atoms with Crippen molar-refractivity contribution in [2.75, 3.05) is 0 Å². The molecule has 4 aromatic carbocycles. The number of para-hydroxylation sites is 4. The van der Waals surface area contributed by atoms with Crippen LogP contribution in [0.4, 0.5) is 0 Å². The number of nitrogens with two attached hydrogens (primary N) is 1. The van der Waals surface area contributed by atoms with Crippen LogP contribution < -0.4 is 0 Å². The zero-order valence-corrected chi connectivity index (χ0v) is 22.7. The molecule has 0 unspecified atom stereocenters. The number of fused-ring (bicyclic) bond motifs is 2. The summed E-state index contributed by atoms with van der Waals surface area (Å²) in [5, 5.41) is 21.2. The topological polar surface area (TPSA) is 99.7 Å². The fourth-order valence-corrected chi connectivity index (χ4v) is 5.28. The van der Waals surface area contributed by atoms with Gasteiger partial charge in [-0.1, -0.05) is 48.5 Å². The molecular weight excluding hydrogens is 516 g/mol. The Balaban J connectivity index is 0.000000180. The number of nitrogens with zero attached hydrogens (tertiary/aromatic N) is 2. The van der Waals surface area contributed by atoms with Crippen LogP contribution in [0.1, 0.15) is 0 Å². The van der Waals surface area contributed by atoms with E-state index in [-0.39, 0.29) is 37.1 Å². The molecule has 0 amide bonds. The van der Waals surface area contributed by atoms with E-state index >= 15 is 0 Å². The molecule has 0 aliphatic heterocycles. The predicted molar refractivity (Wildman–Crippen MR) is 139 cm³/mol. The van der Waals surface area contributed by atoms with Gasteiger partial charge in [0.2, 0.25) is 0 Å². The Morgan fingerprint density at radius 3 is 1.24 bits per heavy atom. The number of thiazole rings is 2. The second-order valence-electron chi connectivity index (χ2n) is 7.01. The molecule has 8 heteroatoms. The number of aromatic nitrogens is 2. The molecule has 34 heavy (non-hydrogen) atoms. The zero-order valence-electron chi connectivity index (χ0n) is 18.1. The Hall–Kier alpha value is -3.16. The van der Waals surface area contributed by atoms with Gasteiger partial charge in [0.15, 0.2) is 0 Å². The summed E-state index contributed by atoms with van der Waals surface area (Å²) in [7, 11) is 0. The summed E-state index contributed by atoms with van der Waals surface area (Å²) in [6, 6.07) is 30.5. The van der Waals surface area contributed by atoms with E-state index in [0.717, 1.165) is 41.6 Å². The van der Waals surface area contributed by atoms with E-state index in [2.05, 4.69) is 9.97 Å². The van der Waals surface area contributed by atoms with Crippen molar-refractivity contribution >= 4 is 43.1 Å². The van der Waals surface area contributed by atoms with E-state index in [4.69, 9.17) is 0 Å². The molecule has 5 nitrogen and oxygen atoms in total.